The predicted octanol–water partition coefficient (Wildman–Crippen LogP) is 1.80. The molecule has 1 aromatic carbocycles. The number of aromatic nitrogens is 2. The summed E-state index contributed by atoms with van der Waals surface area (Å²) >= 11 is 0. The molecule has 0 radical (unpaired) electrons. The number of ether oxygens (including phenoxy) is 1. The molecule has 0 fully saturated rings. The third kappa shape index (κ3) is 5.52. The normalized spacial score (nSPS) is 10.5. The lowest BCUT2D eigenvalue weighted by atomic mass is 10.2. The zero-order valence-electron chi connectivity index (χ0n) is 15.4. The molecule has 0 aliphatic rings. The van der Waals surface area contributed by atoms with Gasteiger partial charge >= 0.3 is 5.97 Å². The molecule has 1 heterocycles. The van der Waals surface area contributed by atoms with Gasteiger partial charge in [-0.2, -0.15) is 0 Å². The Kier molecular flexibility index (Phi) is 6.62. The Labute approximate surface area is 152 Å². The van der Waals surface area contributed by atoms with Gasteiger partial charge in [-0.15, -0.1) is 0 Å². The van der Waals surface area contributed by atoms with Crippen LogP contribution in [0.25, 0.3) is 0 Å². The maximum atomic E-state index is 12.5. The molecule has 138 valence electrons. The average Bonchev–Trinajstić information content (AvgIpc) is 2.60. The number of anilines is 2. The highest BCUT2D eigenvalue weighted by Crippen LogP contribution is 2.14. The standard InChI is InChI=1S/C18H23N5O3/c1-12-20-15(11-16(21-12)19-8-9-23(2)3)17(24)22-14-7-5-6-13(10-14)18(25)26-4/h5-7,10-11H,8-9H2,1-4H3,(H,22,24)(H,19,20,21). The van der Waals surface area contributed by atoms with Gasteiger partial charge in [-0.3, -0.25) is 4.79 Å². The molecule has 0 aliphatic carbocycles. The summed E-state index contributed by atoms with van der Waals surface area (Å²) in [6.07, 6.45) is 0. The summed E-state index contributed by atoms with van der Waals surface area (Å²) in [5, 5.41) is 5.91. The van der Waals surface area contributed by atoms with Crippen molar-refractivity contribution in [1.29, 1.82) is 0 Å². The zero-order valence-corrected chi connectivity index (χ0v) is 15.4. The molecule has 0 spiro atoms. The smallest absolute Gasteiger partial charge is 0.337 e. The van der Waals surface area contributed by atoms with E-state index in [2.05, 4.69) is 25.3 Å². The number of hydrogen-bond donors (Lipinski definition) is 2. The van der Waals surface area contributed by atoms with E-state index in [9.17, 15) is 9.59 Å². The zero-order chi connectivity index (χ0) is 19.1. The molecule has 0 saturated heterocycles. The SMILES string of the molecule is COC(=O)c1cccc(NC(=O)c2cc(NCCN(C)C)nc(C)n2)c1. The van der Waals surface area contributed by atoms with Crippen LogP contribution in [-0.4, -0.2) is 61.0 Å². The number of methoxy groups -OCH3 is 1. The number of nitrogens with one attached hydrogen (secondary N) is 2. The minimum absolute atomic E-state index is 0.244. The van der Waals surface area contributed by atoms with Crippen molar-refractivity contribution >= 4 is 23.4 Å². The first-order chi connectivity index (χ1) is 12.4. The number of hydrogen-bond acceptors (Lipinski definition) is 7. The summed E-state index contributed by atoms with van der Waals surface area (Å²) in [6, 6.07) is 8.12. The van der Waals surface area contributed by atoms with Crippen LogP contribution in [0.4, 0.5) is 11.5 Å². The molecule has 26 heavy (non-hydrogen) atoms. The molecular weight excluding hydrogens is 334 g/mol. The van der Waals surface area contributed by atoms with E-state index in [-0.39, 0.29) is 11.6 Å². The molecule has 0 atom stereocenters. The summed E-state index contributed by atoms with van der Waals surface area (Å²) in [5.41, 5.74) is 1.08. The lowest BCUT2D eigenvalue weighted by Gasteiger charge is -2.12. The van der Waals surface area contributed by atoms with Crippen LogP contribution in [-0.2, 0) is 4.74 Å². The second-order valence-corrected chi connectivity index (χ2v) is 5.94. The molecule has 2 N–H and O–H groups in total. The number of esters is 1. The monoisotopic (exact) mass is 357 g/mol. The van der Waals surface area contributed by atoms with Crippen LogP contribution in [0.3, 0.4) is 0 Å². The summed E-state index contributed by atoms with van der Waals surface area (Å²) < 4.78 is 4.68. The number of benzene rings is 1. The largest absolute Gasteiger partial charge is 0.465 e. The number of carbonyl (C=O) groups is 2. The van der Waals surface area contributed by atoms with Gasteiger partial charge in [0.05, 0.1) is 12.7 Å². The fraction of sp³-hybridized carbons (Fsp3) is 0.333. The van der Waals surface area contributed by atoms with Gasteiger partial charge in [0.2, 0.25) is 0 Å². The summed E-state index contributed by atoms with van der Waals surface area (Å²) in [5.74, 6) is 0.237. The van der Waals surface area contributed by atoms with E-state index in [1.54, 1.807) is 37.3 Å². The summed E-state index contributed by atoms with van der Waals surface area (Å²) in [7, 11) is 5.27. The van der Waals surface area contributed by atoms with Gasteiger partial charge in [0.1, 0.15) is 17.3 Å². The van der Waals surface area contributed by atoms with E-state index in [0.717, 1.165) is 6.54 Å². The van der Waals surface area contributed by atoms with Crippen LogP contribution in [0.2, 0.25) is 0 Å². The van der Waals surface area contributed by atoms with Crippen molar-refractivity contribution in [2.24, 2.45) is 0 Å². The third-order valence-electron chi connectivity index (χ3n) is 3.48. The van der Waals surface area contributed by atoms with Gasteiger partial charge in [-0.05, 0) is 39.2 Å². The molecule has 1 aromatic heterocycles. The molecule has 2 aromatic rings. The molecule has 8 heteroatoms. The molecule has 0 saturated carbocycles. The van der Waals surface area contributed by atoms with Gasteiger partial charge in [0.25, 0.3) is 5.91 Å². The van der Waals surface area contributed by atoms with Crippen molar-refractivity contribution in [3.05, 3.63) is 47.4 Å². The van der Waals surface area contributed by atoms with Crippen LogP contribution < -0.4 is 10.6 Å². The fourth-order valence-electron chi connectivity index (χ4n) is 2.22. The van der Waals surface area contributed by atoms with Gasteiger partial charge in [0, 0.05) is 24.8 Å². The van der Waals surface area contributed by atoms with Crippen molar-refractivity contribution in [3.8, 4) is 0 Å². The number of rotatable bonds is 7. The highest BCUT2D eigenvalue weighted by Gasteiger charge is 2.12. The molecule has 0 unspecified atom stereocenters. The van der Waals surface area contributed by atoms with E-state index in [0.29, 0.717) is 29.4 Å². The lowest BCUT2D eigenvalue weighted by molar-refractivity contribution is 0.0600. The minimum Gasteiger partial charge on any atom is -0.465 e. The Balaban J connectivity index is 2.11. The Morgan fingerprint density at radius 3 is 2.65 bits per heavy atom. The summed E-state index contributed by atoms with van der Waals surface area (Å²) in [4.78, 5) is 34.6. The number of carbonyl (C=O) groups excluding carboxylic acids is 2. The molecule has 0 bridgehead atoms. The third-order valence-corrected chi connectivity index (χ3v) is 3.48. The number of aryl methyl sites for hydroxylation is 1. The van der Waals surface area contributed by atoms with E-state index >= 15 is 0 Å². The van der Waals surface area contributed by atoms with E-state index in [4.69, 9.17) is 0 Å². The fourth-order valence-corrected chi connectivity index (χ4v) is 2.22. The van der Waals surface area contributed by atoms with Crippen molar-refractivity contribution in [2.75, 3.05) is 44.9 Å². The quantitative estimate of drug-likeness (QED) is 0.729. The molecule has 0 aliphatic heterocycles. The number of likely N-dealkylation sites (N-methyl/N-ethyl adjacent to an activating group) is 1. The van der Waals surface area contributed by atoms with E-state index in [1.165, 1.54) is 7.11 Å². The Hall–Kier alpha value is -3.00. The Morgan fingerprint density at radius 1 is 1.19 bits per heavy atom. The first kappa shape index (κ1) is 19.3. The lowest BCUT2D eigenvalue weighted by Crippen LogP contribution is -2.22. The van der Waals surface area contributed by atoms with Gasteiger partial charge in [0.15, 0.2) is 0 Å². The number of amides is 1. The van der Waals surface area contributed by atoms with E-state index in [1.807, 2.05) is 19.0 Å². The second-order valence-electron chi connectivity index (χ2n) is 5.94. The van der Waals surface area contributed by atoms with E-state index < -0.39 is 5.97 Å². The Bertz CT molecular complexity index is 792. The van der Waals surface area contributed by atoms with Gasteiger partial charge in [-0.1, -0.05) is 6.07 Å². The van der Waals surface area contributed by atoms with Crippen LogP contribution >= 0.6 is 0 Å². The van der Waals surface area contributed by atoms with Gasteiger partial charge < -0.3 is 20.3 Å². The maximum Gasteiger partial charge on any atom is 0.337 e. The minimum atomic E-state index is -0.466. The van der Waals surface area contributed by atoms with Crippen molar-refractivity contribution in [1.82, 2.24) is 14.9 Å². The molecule has 1 amide bonds. The van der Waals surface area contributed by atoms with Crippen LogP contribution in [0.5, 0.6) is 0 Å². The van der Waals surface area contributed by atoms with Crippen LogP contribution in [0.1, 0.15) is 26.7 Å². The maximum absolute atomic E-state index is 12.5. The van der Waals surface area contributed by atoms with Crippen molar-refractivity contribution < 1.29 is 14.3 Å². The molecule has 8 nitrogen and oxygen atoms in total. The highest BCUT2D eigenvalue weighted by molar-refractivity contribution is 6.04. The van der Waals surface area contributed by atoms with Crippen molar-refractivity contribution in [3.63, 3.8) is 0 Å². The predicted molar refractivity (Wildman–Crippen MR) is 99.5 cm³/mol. The summed E-state index contributed by atoms with van der Waals surface area (Å²) in [6.45, 7) is 3.27. The average molecular weight is 357 g/mol. The topological polar surface area (TPSA) is 96.4 Å². The van der Waals surface area contributed by atoms with Crippen LogP contribution in [0.15, 0.2) is 30.3 Å². The van der Waals surface area contributed by atoms with Crippen molar-refractivity contribution in [2.45, 2.75) is 6.92 Å². The second kappa shape index (κ2) is 8.91. The first-order valence-corrected chi connectivity index (χ1v) is 8.13. The van der Waals surface area contributed by atoms with Crippen LogP contribution in [0, 0.1) is 6.92 Å². The highest BCUT2D eigenvalue weighted by atomic mass is 16.5. The Morgan fingerprint density at radius 2 is 1.96 bits per heavy atom. The molecular formula is C18H23N5O3. The first-order valence-electron chi connectivity index (χ1n) is 8.13. The molecule has 2 rings (SSSR count). The number of nitrogens with zero attached hydrogens (tertiary/aromatic N) is 3. The van der Waals surface area contributed by atoms with Gasteiger partial charge in [-0.25, -0.2) is 14.8 Å².